The fraction of sp³-hybridized carbons (Fsp3) is 0.571. The summed E-state index contributed by atoms with van der Waals surface area (Å²) in [6.45, 7) is 7.54. The number of nitrogens with one attached hydrogen (secondary N) is 1. The molecule has 0 bridgehead atoms. The maximum Gasteiger partial charge on any atom is 0.0898 e. The van der Waals surface area contributed by atoms with Gasteiger partial charge in [-0.05, 0) is 38.5 Å². The molecule has 110 valence electrons. The first-order chi connectivity index (χ1) is 8.37. The molecule has 0 radical (unpaired) electrons. The van der Waals surface area contributed by atoms with E-state index in [0.29, 0.717) is 24.8 Å². The zero-order valence-electron chi connectivity index (χ0n) is 11.6. The molecular weight excluding hydrogens is 285 g/mol. The van der Waals surface area contributed by atoms with Crippen molar-refractivity contribution in [3.8, 4) is 0 Å². The van der Waals surface area contributed by atoms with E-state index in [0.717, 1.165) is 5.56 Å². The molecule has 1 rings (SSSR count). The Hall–Kier alpha value is -0.320. The summed E-state index contributed by atoms with van der Waals surface area (Å²) in [4.78, 5) is 0. The second kappa shape index (κ2) is 8.77. The molecule has 19 heavy (non-hydrogen) atoms. The largest absolute Gasteiger partial charge is 1.00 e. The van der Waals surface area contributed by atoms with Crippen molar-refractivity contribution >= 4 is 11.6 Å². The number of hydrogen-bond acceptors (Lipinski definition) is 3. The number of hydrogen-bond donors (Lipinski definition) is 2. The lowest BCUT2D eigenvalue weighted by Crippen LogP contribution is -3.00. The molecule has 0 saturated carbocycles. The van der Waals surface area contributed by atoms with E-state index < -0.39 is 6.10 Å². The molecule has 0 aliphatic rings. The Kier molecular flexibility index (Phi) is 8.62. The van der Waals surface area contributed by atoms with Crippen molar-refractivity contribution in [2.75, 3.05) is 13.2 Å². The quantitative estimate of drug-likeness (QED) is 0.752. The van der Waals surface area contributed by atoms with Crippen LogP contribution in [0.3, 0.4) is 0 Å². The van der Waals surface area contributed by atoms with E-state index in [4.69, 9.17) is 16.3 Å². The maximum atomic E-state index is 9.73. The maximum absolute atomic E-state index is 9.73. The second-order valence-corrected chi connectivity index (χ2v) is 5.86. The minimum atomic E-state index is -0.489. The fourth-order valence-corrected chi connectivity index (χ4v) is 1.50. The minimum absolute atomic E-state index is 0. The van der Waals surface area contributed by atoms with Crippen LogP contribution < -0.4 is 17.7 Å². The van der Waals surface area contributed by atoms with Gasteiger partial charge in [0.2, 0.25) is 0 Å². The molecule has 1 unspecified atom stereocenters. The molecule has 0 aliphatic carbocycles. The van der Waals surface area contributed by atoms with E-state index in [1.807, 2.05) is 24.3 Å². The lowest BCUT2D eigenvalue weighted by atomic mass is 10.1. The standard InChI is InChI=1S/C14H22ClNO2.ClH/c1-14(2,3)16-8-13(17)10-18-9-11-4-6-12(15)7-5-11;/h4-7,13,16-17H,8-10H2,1-3H3;1H/p-1. The van der Waals surface area contributed by atoms with E-state index in [-0.39, 0.29) is 17.9 Å². The molecule has 0 heterocycles. The third-order valence-electron chi connectivity index (χ3n) is 2.36. The number of benzene rings is 1. The van der Waals surface area contributed by atoms with Crippen LogP contribution in [0.1, 0.15) is 26.3 Å². The molecule has 2 N–H and O–H groups in total. The molecule has 0 amide bonds. The molecule has 0 spiro atoms. The van der Waals surface area contributed by atoms with Crippen molar-refractivity contribution in [3.05, 3.63) is 34.9 Å². The van der Waals surface area contributed by atoms with Crippen LogP contribution in [0.2, 0.25) is 5.02 Å². The molecule has 0 fully saturated rings. The van der Waals surface area contributed by atoms with Crippen LogP contribution in [-0.4, -0.2) is 29.9 Å². The van der Waals surface area contributed by atoms with Gasteiger partial charge in [0.25, 0.3) is 0 Å². The highest BCUT2D eigenvalue weighted by Crippen LogP contribution is 2.10. The summed E-state index contributed by atoms with van der Waals surface area (Å²) in [5, 5.41) is 13.7. The van der Waals surface area contributed by atoms with Crippen LogP contribution in [-0.2, 0) is 11.3 Å². The first kappa shape index (κ1) is 18.7. The van der Waals surface area contributed by atoms with Gasteiger partial charge in [-0.25, -0.2) is 0 Å². The predicted octanol–water partition coefficient (Wildman–Crippen LogP) is -0.390. The van der Waals surface area contributed by atoms with E-state index in [2.05, 4.69) is 26.1 Å². The fourth-order valence-electron chi connectivity index (χ4n) is 1.38. The topological polar surface area (TPSA) is 41.5 Å². The summed E-state index contributed by atoms with van der Waals surface area (Å²) < 4.78 is 5.45. The Balaban J connectivity index is 0.00000324. The number of aliphatic hydroxyl groups is 1. The van der Waals surface area contributed by atoms with Crippen molar-refractivity contribution in [3.63, 3.8) is 0 Å². The van der Waals surface area contributed by atoms with Crippen LogP contribution in [0.5, 0.6) is 0 Å². The van der Waals surface area contributed by atoms with Gasteiger partial charge in [-0.15, -0.1) is 0 Å². The predicted molar refractivity (Wildman–Crippen MR) is 74.9 cm³/mol. The summed E-state index contributed by atoms with van der Waals surface area (Å²) in [7, 11) is 0. The Morgan fingerprint density at radius 3 is 2.37 bits per heavy atom. The minimum Gasteiger partial charge on any atom is -1.00 e. The third kappa shape index (κ3) is 9.25. The van der Waals surface area contributed by atoms with Crippen molar-refractivity contribution in [1.82, 2.24) is 5.32 Å². The van der Waals surface area contributed by atoms with Crippen molar-refractivity contribution in [1.29, 1.82) is 0 Å². The monoisotopic (exact) mass is 306 g/mol. The van der Waals surface area contributed by atoms with E-state index in [1.54, 1.807) is 0 Å². The SMILES string of the molecule is CC(C)(C)NCC(O)COCc1ccc(Cl)cc1.[Cl-]. The molecule has 0 aliphatic heterocycles. The molecule has 1 atom stereocenters. The van der Waals surface area contributed by atoms with Gasteiger partial charge in [-0.2, -0.15) is 0 Å². The van der Waals surface area contributed by atoms with Gasteiger partial charge < -0.3 is 27.6 Å². The van der Waals surface area contributed by atoms with Crippen LogP contribution in [0, 0.1) is 0 Å². The Labute approximate surface area is 126 Å². The molecule has 3 nitrogen and oxygen atoms in total. The molecule has 5 heteroatoms. The van der Waals surface area contributed by atoms with Gasteiger partial charge in [0.15, 0.2) is 0 Å². The Morgan fingerprint density at radius 1 is 1.26 bits per heavy atom. The highest BCUT2D eigenvalue weighted by atomic mass is 35.5. The molecule has 1 aromatic carbocycles. The average molecular weight is 307 g/mol. The zero-order chi connectivity index (χ0) is 13.6. The first-order valence-corrected chi connectivity index (χ1v) is 6.50. The summed E-state index contributed by atoms with van der Waals surface area (Å²) in [5.41, 5.74) is 1.06. The van der Waals surface area contributed by atoms with Crippen molar-refractivity contribution in [2.24, 2.45) is 0 Å². The summed E-state index contributed by atoms with van der Waals surface area (Å²) in [6.07, 6.45) is -0.489. The highest BCUT2D eigenvalue weighted by molar-refractivity contribution is 6.30. The van der Waals surface area contributed by atoms with E-state index >= 15 is 0 Å². The van der Waals surface area contributed by atoms with Gasteiger partial charge in [0.1, 0.15) is 0 Å². The van der Waals surface area contributed by atoms with E-state index in [1.165, 1.54) is 0 Å². The normalized spacial score (nSPS) is 12.9. The third-order valence-corrected chi connectivity index (χ3v) is 2.61. The Bertz CT molecular complexity index is 349. The number of β-amino-alcohol motifs (C(OH)–C–C–N with tert-alkyl or cyclic N) is 1. The Morgan fingerprint density at radius 2 is 1.84 bits per heavy atom. The van der Waals surface area contributed by atoms with Crippen LogP contribution in [0.4, 0.5) is 0 Å². The molecule has 1 aromatic rings. The van der Waals surface area contributed by atoms with Gasteiger partial charge >= 0.3 is 0 Å². The second-order valence-electron chi connectivity index (χ2n) is 5.43. The lowest BCUT2D eigenvalue weighted by molar-refractivity contribution is -0.00000615. The van der Waals surface area contributed by atoms with Gasteiger partial charge in [-0.3, -0.25) is 0 Å². The summed E-state index contributed by atoms with van der Waals surface area (Å²) in [5.74, 6) is 0. The van der Waals surface area contributed by atoms with Crippen molar-refractivity contribution in [2.45, 2.75) is 39.0 Å². The van der Waals surface area contributed by atoms with Crippen LogP contribution in [0.25, 0.3) is 0 Å². The van der Waals surface area contributed by atoms with E-state index in [9.17, 15) is 5.11 Å². The molecular formula is C14H22Cl2NO2-. The summed E-state index contributed by atoms with van der Waals surface area (Å²) in [6, 6.07) is 7.50. The van der Waals surface area contributed by atoms with Crippen LogP contribution in [0.15, 0.2) is 24.3 Å². The van der Waals surface area contributed by atoms with Gasteiger partial charge in [0.05, 0.1) is 19.3 Å². The first-order valence-electron chi connectivity index (χ1n) is 6.12. The zero-order valence-corrected chi connectivity index (χ0v) is 13.1. The van der Waals surface area contributed by atoms with Crippen LogP contribution >= 0.6 is 11.6 Å². The number of halogens is 2. The average Bonchev–Trinajstić information content (AvgIpc) is 2.28. The number of rotatable bonds is 6. The highest BCUT2D eigenvalue weighted by Gasteiger charge is 2.12. The number of aliphatic hydroxyl groups excluding tert-OH is 1. The molecule has 0 saturated heterocycles. The van der Waals surface area contributed by atoms with Gasteiger partial charge in [-0.1, -0.05) is 23.7 Å². The van der Waals surface area contributed by atoms with Gasteiger partial charge in [0, 0.05) is 17.1 Å². The summed E-state index contributed by atoms with van der Waals surface area (Å²) >= 11 is 5.79. The molecule has 0 aromatic heterocycles. The van der Waals surface area contributed by atoms with Crippen molar-refractivity contribution < 1.29 is 22.3 Å². The smallest absolute Gasteiger partial charge is 0.0898 e. The number of ether oxygens (including phenoxy) is 1. The lowest BCUT2D eigenvalue weighted by Gasteiger charge is -2.22.